The minimum Gasteiger partial charge on any atom is -0.330 e. The summed E-state index contributed by atoms with van der Waals surface area (Å²) in [5.41, 5.74) is 10.6. The number of carbonyl (C=O) groups is 1. The number of nitrogens with zero attached hydrogens (tertiary/aromatic N) is 1. The van der Waals surface area contributed by atoms with Gasteiger partial charge < -0.3 is 11.5 Å². The molecule has 7 heteroatoms. The number of unbranched alkanes of at least 4 members (excludes halogenated alkanes) is 1. The van der Waals surface area contributed by atoms with Crippen molar-refractivity contribution in [3.05, 3.63) is 4.91 Å². The number of carbonyl (C=O) groups excluding carboxylic acids is 1. The normalized spacial score (nSPS) is 11.8. The van der Waals surface area contributed by atoms with E-state index >= 15 is 0 Å². The topological polar surface area (TPSA) is 117 Å². The fraction of sp³-hybridized carbons (Fsp3) is 0.833. The first-order valence-corrected chi connectivity index (χ1v) is 3.88. The predicted octanol–water partition coefficient (Wildman–Crippen LogP) is -0.401. The highest BCUT2D eigenvalue weighted by atomic mass is 17.3. The molecule has 0 aromatic heterocycles. The lowest BCUT2D eigenvalue weighted by Crippen LogP contribution is -2.32. The van der Waals surface area contributed by atoms with Crippen molar-refractivity contribution in [3.8, 4) is 0 Å². The maximum absolute atomic E-state index is 10.8. The lowest BCUT2D eigenvalue weighted by molar-refractivity contribution is -0.275. The molecule has 13 heavy (non-hydrogen) atoms. The molecule has 0 radical (unpaired) electrons. The van der Waals surface area contributed by atoms with Gasteiger partial charge in [-0.3, -0.25) is 0 Å². The summed E-state index contributed by atoms with van der Waals surface area (Å²) < 4.78 is 0. The van der Waals surface area contributed by atoms with E-state index in [4.69, 9.17) is 11.5 Å². The summed E-state index contributed by atoms with van der Waals surface area (Å²) in [5.74, 6) is -0.809. The highest BCUT2D eigenvalue weighted by molar-refractivity contribution is 5.74. The Balaban J connectivity index is 3.50. The van der Waals surface area contributed by atoms with Crippen LogP contribution in [-0.2, 0) is 14.7 Å². The van der Waals surface area contributed by atoms with Crippen LogP contribution in [0.15, 0.2) is 5.34 Å². The van der Waals surface area contributed by atoms with Crippen molar-refractivity contribution in [2.24, 2.45) is 16.8 Å². The molecule has 0 aromatic carbocycles. The van der Waals surface area contributed by atoms with Gasteiger partial charge in [0.25, 0.3) is 0 Å². The van der Waals surface area contributed by atoms with Gasteiger partial charge in [-0.05, 0) is 19.4 Å². The van der Waals surface area contributed by atoms with E-state index in [-0.39, 0.29) is 0 Å². The Kier molecular flexibility index (Phi) is 6.75. The molecule has 0 spiro atoms. The highest BCUT2D eigenvalue weighted by Gasteiger charge is 2.16. The van der Waals surface area contributed by atoms with Crippen molar-refractivity contribution in [2.45, 2.75) is 25.3 Å². The molecule has 0 unspecified atom stereocenters. The summed E-state index contributed by atoms with van der Waals surface area (Å²) >= 11 is 0. The number of hydrogen-bond donors (Lipinski definition) is 2. The maximum Gasteiger partial charge on any atom is 0.374 e. The first kappa shape index (κ1) is 11.8. The van der Waals surface area contributed by atoms with Crippen LogP contribution in [0.5, 0.6) is 0 Å². The van der Waals surface area contributed by atoms with Gasteiger partial charge in [0.05, 0.1) is 0 Å². The fourth-order valence-electron chi connectivity index (χ4n) is 0.740. The SMILES string of the molecule is NCCCC[C@H](N)C(=O)OON=O. The molecule has 0 saturated carbocycles. The molecule has 0 amide bonds. The minimum absolute atomic E-state index is 0.443. The van der Waals surface area contributed by atoms with Gasteiger partial charge in [-0.15, -0.1) is 9.90 Å². The smallest absolute Gasteiger partial charge is 0.330 e. The van der Waals surface area contributed by atoms with Crippen LogP contribution in [-0.4, -0.2) is 18.6 Å². The van der Waals surface area contributed by atoms with Crippen LogP contribution < -0.4 is 11.5 Å². The zero-order chi connectivity index (χ0) is 10.1. The van der Waals surface area contributed by atoms with Gasteiger partial charge in [-0.25, -0.2) is 9.68 Å². The van der Waals surface area contributed by atoms with E-state index in [0.717, 1.165) is 12.8 Å². The van der Waals surface area contributed by atoms with Crippen molar-refractivity contribution in [1.29, 1.82) is 0 Å². The Morgan fingerprint density at radius 2 is 2.15 bits per heavy atom. The Morgan fingerprint density at radius 3 is 2.69 bits per heavy atom. The largest absolute Gasteiger partial charge is 0.374 e. The summed E-state index contributed by atoms with van der Waals surface area (Å²) in [6, 6.07) is -0.798. The van der Waals surface area contributed by atoms with Crippen LogP contribution in [0, 0.1) is 4.91 Å². The Hall–Kier alpha value is -1.21. The average Bonchev–Trinajstić information content (AvgIpc) is 2.14. The molecule has 0 fully saturated rings. The van der Waals surface area contributed by atoms with Crippen molar-refractivity contribution in [1.82, 2.24) is 0 Å². The van der Waals surface area contributed by atoms with E-state index in [1.807, 2.05) is 5.34 Å². The van der Waals surface area contributed by atoms with E-state index in [1.54, 1.807) is 0 Å². The van der Waals surface area contributed by atoms with Gasteiger partial charge in [0.1, 0.15) is 6.04 Å². The zero-order valence-electron chi connectivity index (χ0n) is 7.14. The minimum atomic E-state index is -0.809. The quantitative estimate of drug-likeness (QED) is 0.244. The molecule has 0 saturated heterocycles. The van der Waals surface area contributed by atoms with Gasteiger partial charge >= 0.3 is 5.97 Å². The van der Waals surface area contributed by atoms with Gasteiger partial charge in [0.15, 0.2) is 0 Å². The molecule has 0 aliphatic rings. The summed E-state index contributed by atoms with van der Waals surface area (Å²) in [7, 11) is 0. The number of hydrogen-bond acceptors (Lipinski definition) is 7. The lowest BCUT2D eigenvalue weighted by Gasteiger charge is -2.06. The Morgan fingerprint density at radius 1 is 1.46 bits per heavy atom. The molecular formula is C6H13N3O4. The molecule has 0 aromatic rings. The Labute approximate surface area is 75.2 Å². The van der Waals surface area contributed by atoms with Crippen molar-refractivity contribution in [2.75, 3.05) is 6.54 Å². The second-order valence-corrected chi connectivity index (χ2v) is 2.44. The van der Waals surface area contributed by atoms with Crippen LogP contribution >= 0.6 is 0 Å². The van der Waals surface area contributed by atoms with Gasteiger partial charge in [0, 0.05) is 0 Å². The van der Waals surface area contributed by atoms with Crippen molar-refractivity contribution >= 4 is 5.97 Å². The van der Waals surface area contributed by atoms with Gasteiger partial charge in [-0.1, -0.05) is 6.42 Å². The summed E-state index contributed by atoms with van der Waals surface area (Å²) in [4.78, 5) is 27.6. The second-order valence-electron chi connectivity index (χ2n) is 2.44. The third-order valence-electron chi connectivity index (χ3n) is 1.42. The van der Waals surface area contributed by atoms with Crippen LogP contribution in [0.1, 0.15) is 19.3 Å². The van der Waals surface area contributed by atoms with Crippen LogP contribution in [0.2, 0.25) is 0 Å². The third-order valence-corrected chi connectivity index (χ3v) is 1.42. The molecule has 76 valence electrons. The molecule has 1 atom stereocenters. The third kappa shape index (κ3) is 6.00. The zero-order valence-corrected chi connectivity index (χ0v) is 7.14. The second kappa shape index (κ2) is 7.44. The van der Waals surface area contributed by atoms with E-state index in [2.05, 4.69) is 9.88 Å². The van der Waals surface area contributed by atoms with Crippen LogP contribution in [0.25, 0.3) is 0 Å². The fourth-order valence-corrected chi connectivity index (χ4v) is 0.740. The summed E-state index contributed by atoms with van der Waals surface area (Å²) in [5, 5.41) is 1.89. The van der Waals surface area contributed by atoms with E-state index in [0.29, 0.717) is 13.0 Å². The number of rotatable bonds is 7. The van der Waals surface area contributed by atoms with E-state index in [1.165, 1.54) is 0 Å². The average molecular weight is 191 g/mol. The van der Waals surface area contributed by atoms with Gasteiger partial charge in [-0.2, -0.15) is 0 Å². The molecule has 0 bridgehead atoms. The monoisotopic (exact) mass is 191 g/mol. The number of nitrogens with two attached hydrogens (primary N) is 2. The first-order valence-electron chi connectivity index (χ1n) is 3.88. The molecule has 0 heterocycles. The molecule has 0 aliphatic heterocycles. The highest BCUT2D eigenvalue weighted by Crippen LogP contribution is 2.00. The lowest BCUT2D eigenvalue weighted by atomic mass is 10.1. The summed E-state index contributed by atoms with van der Waals surface area (Å²) in [6.45, 7) is 0.550. The van der Waals surface area contributed by atoms with Crippen molar-refractivity contribution in [3.63, 3.8) is 0 Å². The molecule has 0 aliphatic carbocycles. The summed E-state index contributed by atoms with van der Waals surface area (Å²) in [6.07, 6.45) is 1.95. The molecule has 4 N–H and O–H groups in total. The van der Waals surface area contributed by atoms with Crippen LogP contribution in [0.3, 0.4) is 0 Å². The van der Waals surface area contributed by atoms with E-state index in [9.17, 15) is 9.70 Å². The van der Waals surface area contributed by atoms with Gasteiger partial charge in [0.2, 0.25) is 5.34 Å². The van der Waals surface area contributed by atoms with E-state index < -0.39 is 12.0 Å². The first-order chi connectivity index (χ1) is 6.22. The Bertz CT molecular complexity index is 164. The maximum atomic E-state index is 10.8. The molecular weight excluding hydrogens is 178 g/mol. The molecule has 7 nitrogen and oxygen atoms in total. The van der Waals surface area contributed by atoms with Crippen molar-refractivity contribution < 1.29 is 14.7 Å². The van der Waals surface area contributed by atoms with Crippen LogP contribution in [0.4, 0.5) is 0 Å². The standard InChI is InChI=1S/C6H13N3O4/c7-4-2-1-3-5(8)6(10)12-13-9-11/h5H,1-4,7-8H2/t5-/m0/s1. The molecule has 0 rings (SSSR count). The predicted molar refractivity (Wildman–Crippen MR) is 43.9 cm³/mol.